The van der Waals surface area contributed by atoms with Gasteiger partial charge in [0.2, 0.25) is 0 Å². The second-order valence-electron chi connectivity index (χ2n) is 19.4. The van der Waals surface area contributed by atoms with Crippen molar-refractivity contribution >= 4 is 45.3 Å². The molecule has 8 atom stereocenters. The van der Waals surface area contributed by atoms with Crippen LogP contribution in [0.1, 0.15) is 110 Å². The van der Waals surface area contributed by atoms with Gasteiger partial charge in [-0.1, -0.05) is 79.5 Å². The number of ether oxygens (including phenoxy) is 2. The highest BCUT2D eigenvalue weighted by atomic mass is 33.1. The highest BCUT2D eigenvalue weighted by molar-refractivity contribution is 8.76. The number of hydrogen-bond donors (Lipinski definition) is 3. The first-order valence-electron chi connectivity index (χ1n) is 23.0. The van der Waals surface area contributed by atoms with Gasteiger partial charge in [0.05, 0.1) is 22.7 Å². The quantitative estimate of drug-likeness (QED) is 0.141. The van der Waals surface area contributed by atoms with Crippen molar-refractivity contribution in [3.8, 4) is 0 Å². The van der Waals surface area contributed by atoms with Crippen LogP contribution >= 0.6 is 21.6 Å². The van der Waals surface area contributed by atoms with Crippen LogP contribution in [0.3, 0.4) is 0 Å². The molecule has 12 heteroatoms. The van der Waals surface area contributed by atoms with Gasteiger partial charge in [0.1, 0.15) is 17.0 Å². The third kappa shape index (κ3) is 5.91. The Balaban J connectivity index is 1.13. The molecule has 5 aliphatic heterocycles. The van der Waals surface area contributed by atoms with Crippen molar-refractivity contribution in [2.75, 3.05) is 19.0 Å². The van der Waals surface area contributed by atoms with Gasteiger partial charge in [-0.3, -0.25) is 14.5 Å². The highest BCUT2D eigenvalue weighted by Gasteiger charge is 2.70. The number of aliphatic hydroxyl groups is 1. The Morgan fingerprint density at radius 3 is 2.47 bits per heavy atom. The van der Waals surface area contributed by atoms with E-state index in [0.717, 1.165) is 105 Å². The average molecular weight is 852 g/mol. The first kappa shape index (κ1) is 39.4. The molecule has 318 valence electrons. The normalized spacial score (nSPS) is 37.3. The number of dihydropyridines is 1. The summed E-state index contributed by atoms with van der Waals surface area (Å²) in [7, 11) is 3.10. The minimum atomic E-state index is -0.907. The van der Waals surface area contributed by atoms with Crippen molar-refractivity contribution in [3.05, 3.63) is 81.2 Å². The minimum absolute atomic E-state index is 0.0307. The van der Waals surface area contributed by atoms with Crippen LogP contribution in [-0.2, 0) is 28.7 Å². The van der Waals surface area contributed by atoms with Crippen LogP contribution in [0.4, 0.5) is 0 Å². The van der Waals surface area contributed by atoms with Gasteiger partial charge in [0.15, 0.2) is 0 Å². The van der Waals surface area contributed by atoms with E-state index in [0.29, 0.717) is 42.5 Å². The molecule has 0 aromatic rings. The largest absolute Gasteiger partial charge is 0.427 e. The summed E-state index contributed by atoms with van der Waals surface area (Å²) >= 11 is 0. The molecule has 2 amide bonds. The van der Waals surface area contributed by atoms with E-state index >= 15 is 4.79 Å². The van der Waals surface area contributed by atoms with E-state index in [9.17, 15) is 19.5 Å². The molecule has 4 fully saturated rings. The van der Waals surface area contributed by atoms with Gasteiger partial charge >= 0.3 is 11.9 Å². The number of nitrogens with one attached hydrogen (secondary N) is 2. The van der Waals surface area contributed by atoms with E-state index in [1.165, 1.54) is 52.7 Å². The van der Waals surface area contributed by atoms with E-state index < -0.39 is 16.8 Å². The SMILES string of the molecule is CCC1(C2=C3OC(=O)C4=C3C(CC2)CC2C3CCC5(C6=CCC(C7CCCCC7)C(O)SSCNC7=CC(=CCN7)C(CN7C(=O)C=CC7=O)C3=C5C(=O)O6)C42)CCCC1. The number of amides is 2. The Hall–Kier alpha value is -3.48. The Labute approximate surface area is 360 Å². The average Bonchev–Trinajstić information content (AvgIpc) is 4.04. The van der Waals surface area contributed by atoms with Crippen molar-refractivity contribution in [1.29, 1.82) is 0 Å². The molecule has 7 aliphatic carbocycles. The van der Waals surface area contributed by atoms with Gasteiger partial charge in [0.25, 0.3) is 11.8 Å². The number of carbonyl (C=O) groups excluding carboxylic acids is 4. The van der Waals surface area contributed by atoms with Gasteiger partial charge in [-0.05, 0) is 116 Å². The van der Waals surface area contributed by atoms with E-state index in [4.69, 9.17) is 9.47 Å². The fraction of sp³-hybridized carbons (Fsp3) is 0.625. The summed E-state index contributed by atoms with van der Waals surface area (Å²) < 4.78 is 13.2. The Morgan fingerprint density at radius 2 is 1.68 bits per heavy atom. The summed E-state index contributed by atoms with van der Waals surface area (Å²) in [6.07, 6.45) is 25.2. The molecule has 8 unspecified atom stereocenters. The molecule has 3 N–H and O–H groups in total. The van der Waals surface area contributed by atoms with Crippen LogP contribution in [0.2, 0.25) is 0 Å². The summed E-state index contributed by atoms with van der Waals surface area (Å²) in [5.41, 5.74) is 4.35. The van der Waals surface area contributed by atoms with E-state index in [1.807, 2.05) is 0 Å². The molecule has 60 heavy (non-hydrogen) atoms. The van der Waals surface area contributed by atoms with Crippen molar-refractivity contribution in [3.63, 3.8) is 0 Å². The van der Waals surface area contributed by atoms with Crippen molar-refractivity contribution < 1.29 is 33.8 Å². The van der Waals surface area contributed by atoms with E-state index in [1.54, 1.807) is 10.8 Å². The van der Waals surface area contributed by atoms with Crippen LogP contribution in [-0.4, -0.2) is 58.2 Å². The second kappa shape index (κ2) is 15.1. The molecule has 12 aliphatic rings. The summed E-state index contributed by atoms with van der Waals surface area (Å²) in [5.74, 6) is 1.33. The number of hydrogen-bond acceptors (Lipinski definition) is 11. The molecule has 0 radical (unpaired) electrons. The number of esters is 2. The van der Waals surface area contributed by atoms with Gasteiger partial charge in [-0.15, -0.1) is 0 Å². The zero-order chi connectivity index (χ0) is 40.9. The lowest BCUT2D eigenvalue weighted by molar-refractivity contribution is -0.138. The molecular formula is C48H57N3O7S2. The summed E-state index contributed by atoms with van der Waals surface area (Å²) in [4.78, 5) is 57.9. The Morgan fingerprint density at radius 1 is 0.883 bits per heavy atom. The lowest BCUT2D eigenvalue weighted by Crippen LogP contribution is -2.55. The molecule has 1 saturated heterocycles. The van der Waals surface area contributed by atoms with Crippen molar-refractivity contribution in [1.82, 2.24) is 15.5 Å². The maximum Gasteiger partial charge on any atom is 0.340 e. The third-order valence-corrected chi connectivity index (χ3v) is 19.4. The summed E-state index contributed by atoms with van der Waals surface area (Å²) in [5, 5.41) is 18.9. The molecule has 7 bridgehead atoms. The lowest BCUT2D eigenvalue weighted by atomic mass is 9.42. The standard InChI is InChI=1S/C48H57N3O7S2/c1-2-47(18-6-7-19-47)33-12-10-28-22-31-30-16-20-48(41(31)40-38(28)43(33)58-44(40)54)34-13-11-29(26-8-4-3-5-9-26)46(56)60-59-25-50-35-23-27(17-21-49-35)32(39(30)42(48)45(55)57-34)24-51-36(52)14-15-37(51)53/h13-15,17,23,26,28-32,41,46,49-50,56H,2-12,16,18-22,24-25H2,1H3. The molecule has 5 heterocycles. The van der Waals surface area contributed by atoms with Gasteiger partial charge in [-0.2, -0.15) is 0 Å². The molecule has 12 rings (SSSR count). The summed E-state index contributed by atoms with van der Waals surface area (Å²) in [6.45, 7) is 2.95. The molecular weight excluding hydrogens is 795 g/mol. The molecule has 0 aromatic carbocycles. The maximum atomic E-state index is 15.0. The predicted molar refractivity (Wildman–Crippen MR) is 229 cm³/mol. The van der Waals surface area contributed by atoms with Crippen LogP contribution in [0, 0.1) is 52.3 Å². The molecule has 3 saturated carbocycles. The minimum Gasteiger partial charge on any atom is -0.427 e. The van der Waals surface area contributed by atoms with Crippen LogP contribution in [0.5, 0.6) is 0 Å². The number of rotatable bonds is 5. The third-order valence-electron chi connectivity index (χ3n) is 17.1. The second-order valence-corrected chi connectivity index (χ2v) is 21.9. The number of aliphatic hydroxyl groups excluding tert-OH is 1. The Bertz CT molecular complexity index is 2130. The number of carbonyl (C=O) groups is 4. The summed E-state index contributed by atoms with van der Waals surface area (Å²) in [6, 6.07) is 0. The van der Waals surface area contributed by atoms with Gasteiger partial charge in [-0.25, -0.2) is 9.59 Å². The van der Waals surface area contributed by atoms with Crippen molar-refractivity contribution in [2.24, 2.45) is 52.3 Å². The van der Waals surface area contributed by atoms with Gasteiger partial charge < -0.3 is 25.2 Å². The number of nitrogens with zero attached hydrogens (tertiary/aromatic N) is 1. The molecule has 1 spiro atoms. The van der Waals surface area contributed by atoms with Crippen LogP contribution in [0.25, 0.3) is 0 Å². The zero-order valence-electron chi connectivity index (χ0n) is 34.6. The van der Waals surface area contributed by atoms with E-state index in [2.05, 4.69) is 35.8 Å². The lowest BCUT2D eigenvalue weighted by Gasteiger charge is -2.58. The molecule has 0 aromatic heterocycles. The zero-order valence-corrected chi connectivity index (χ0v) is 36.2. The number of allylic oxidation sites excluding steroid dienone is 5. The van der Waals surface area contributed by atoms with Crippen molar-refractivity contribution in [2.45, 2.75) is 115 Å². The Kier molecular flexibility index (Phi) is 9.91. The van der Waals surface area contributed by atoms with Crippen LogP contribution in [0.15, 0.2) is 81.2 Å². The smallest absolute Gasteiger partial charge is 0.340 e. The monoisotopic (exact) mass is 851 g/mol. The fourth-order valence-electron chi connectivity index (χ4n) is 14.5. The highest BCUT2D eigenvalue weighted by Crippen LogP contribution is 2.73. The first-order chi connectivity index (χ1) is 29.2. The molecule has 10 nitrogen and oxygen atoms in total. The van der Waals surface area contributed by atoms with E-state index in [-0.39, 0.29) is 65.3 Å². The first-order valence-corrected chi connectivity index (χ1v) is 25.4. The van der Waals surface area contributed by atoms with Crippen LogP contribution < -0.4 is 10.6 Å². The van der Waals surface area contributed by atoms with Gasteiger partial charge in [0, 0.05) is 54.1 Å². The maximum absolute atomic E-state index is 15.0. The number of fused-ring (bicyclic) bond motifs is 2. The predicted octanol–water partition coefficient (Wildman–Crippen LogP) is 8.02. The topological polar surface area (TPSA) is 134 Å². The fourth-order valence-corrected chi connectivity index (χ4v) is 16.6. The number of imide groups is 1.